The minimum atomic E-state index is -0.345. The molecule has 0 saturated heterocycles. The van der Waals surface area contributed by atoms with Crippen molar-refractivity contribution >= 4 is 5.91 Å². The summed E-state index contributed by atoms with van der Waals surface area (Å²) in [5, 5.41) is 2.64. The Hall–Kier alpha value is -2.43. The summed E-state index contributed by atoms with van der Waals surface area (Å²) in [4.78, 5) is 25.2. The topological polar surface area (TPSA) is 62.0 Å². The molecule has 0 aliphatic rings. The molecule has 19 heavy (non-hydrogen) atoms. The lowest BCUT2D eigenvalue weighted by Crippen LogP contribution is -2.27. The standard InChI is InChI=1S/C14H13FN2O2/c15-12-4-2-1-3-10(12)5-8-17-14(19)11-6-7-16-13(18)9-11/h1-4,6-7,9H,5,8H2,(H,16,18)(H,17,19). The Labute approximate surface area is 109 Å². The number of rotatable bonds is 4. The summed E-state index contributed by atoms with van der Waals surface area (Å²) >= 11 is 0. The first-order valence-corrected chi connectivity index (χ1v) is 5.87. The molecule has 2 N–H and O–H groups in total. The van der Waals surface area contributed by atoms with Crippen LogP contribution in [0.15, 0.2) is 47.4 Å². The van der Waals surface area contributed by atoms with Crippen molar-refractivity contribution in [1.29, 1.82) is 0 Å². The van der Waals surface area contributed by atoms with E-state index in [-0.39, 0.29) is 22.8 Å². The zero-order valence-electron chi connectivity index (χ0n) is 10.2. The van der Waals surface area contributed by atoms with E-state index < -0.39 is 0 Å². The van der Waals surface area contributed by atoms with Crippen LogP contribution in [-0.2, 0) is 6.42 Å². The SMILES string of the molecule is O=C(NCCc1ccccc1F)c1cc[nH]c(=O)c1. The van der Waals surface area contributed by atoms with Crippen molar-refractivity contribution in [3.63, 3.8) is 0 Å². The Morgan fingerprint density at radius 1 is 1.26 bits per heavy atom. The van der Waals surface area contributed by atoms with E-state index in [1.54, 1.807) is 18.2 Å². The van der Waals surface area contributed by atoms with Crippen LogP contribution >= 0.6 is 0 Å². The molecule has 0 fully saturated rings. The van der Waals surface area contributed by atoms with Crippen LogP contribution in [0.1, 0.15) is 15.9 Å². The second-order valence-corrected chi connectivity index (χ2v) is 4.04. The second-order valence-electron chi connectivity index (χ2n) is 4.04. The van der Waals surface area contributed by atoms with Gasteiger partial charge in [0.15, 0.2) is 0 Å². The molecule has 0 radical (unpaired) electrons. The van der Waals surface area contributed by atoms with E-state index in [9.17, 15) is 14.0 Å². The van der Waals surface area contributed by atoms with Crippen LogP contribution in [0.3, 0.4) is 0 Å². The molecule has 0 saturated carbocycles. The number of benzene rings is 1. The minimum Gasteiger partial charge on any atom is -0.352 e. The predicted molar refractivity (Wildman–Crippen MR) is 69.5 cm³/mol. The lowest BCUT2D eigenvalue weighted by atomic mass is 10.1. The van der Waals surface area contributed by atoms with E-state index in [4.69, 9.17) is 0 Å². The van der Waals surface area contributed by atoms with Gasteiger partial charge in [0.25, 0.3) is 5.91 Å². The summed E-state index contributed by atoms with van der Waals surface area (Å²) < 4.78 is 13.3. The van der Waals surface area contributed by atoms with Crippen LogP contribution < -0.4 is 10.9 Å². The summed E-state index contributed by atoms with van der Waals surface area (Å²) in [6.07, 6.45) is 1.82. The fourth-order valence-electron chi connectivity index (χ4n) is 1.70. The van der Waals surface area contributed by atoms with E-state index in [0.717, 1.165) is 0 Å². The molecule has 1 aromatic carbocycles. The molecule has 4 nitrogen and oxygen atoms in total. The third-order valence-corrected chi connectivity index (χ3v) is 2.68. The minimum absolute atomic E-state index is 0.284. The lowest BCUT2D eigenvalue weighted by molar-refractivity contribution is 0.0954. The molecule has 0 atom stereocenters. The van der Waals surface area contributed by atoms with Crippen molar-refractivity contribution in [2.45, 2.75) is 6.42 Å². The first-order valence-electron chi connectivity index (χ1n) is 5.87. The van der Waals surface area contributed by atoms with Crippen molar-refractivity contribution in [2.24, 2.45) is 0 Å². The Morgan fingerprint density at radius 3 is 2.79 bits per heavy atom. The molecule has 1 aromatic heterocycles. The lowest BCUT2D eigenvalue weighted by Gasteiger charge is -2.05. The number of hydrogen-bond donors (Lipinski definition) is 2. The van der Waals surface area contributed by atoms with Crippen molar-refractivity contribution in [3.05, 3.63) is 69.9 Å². The predicted octanol–water partition coefficient (Wildman–Crippen LogP) is 1.49. The number of amides is 1. The number of carbonyl (C=O) groups is 1. The number of halogens is 1. The average Bonchev–Trinajstić information content (AvgIpc) is 2.41. The number of hydrogen-bond acceptors (Lipinski definition) is 2. The molecule has 0 bridgehead atoms. The van der Waals surface area contributed by atoms with Crippen molar-refractivity contribution in [2.75, 3.05) is 6.54 Å². The van der Waals surface area contributed by atoms with Gasteiger partial charge in [-0.25, -0.2) is 4.39 Å². The van der Waals surface area contributed by atoms with Gasteiger partial charge >= 0.3 is 0 Å². The molecule has 0 aliphatic heterocycles. The summed E-state index contributed by atoms with van der Waals surface area (Å²) in [6.45, 7) is 0.312. The number of aromatic amines is 1. The molecule has 1 heterocycles. The highest BCUT2D eigenvalue weighted by atomic mass is 19.1. The summed E-state index contributed by atoms with van der Waals surface area (Å²) in [6, 6.07) is 9.16. The number of nitrogens with one attached hydrogen (secondary N) is 2. The first kappa shape index (κ1) is 13.0. The van der Waals surface area contributed by atoms with Crippen molar-refractivity contribution in [3.8, 4) is 0 Å². The highest BCUT2D eigenvalue weighted by Gasteiger charge is 2.06. The summed E-state index contributed by atoms with van der Waals surface area (Å²) in [7, 11) is 0. The molecule has 98 valence electrons. The fraction of sp³-hybridized carbons (Fsp3) is 0.143. The molecule has 2 aromatic rings. The maximum absolute atomic E-state index is 13.3. The molecular formula is C14H13FN2O2. The molecule has 0 spiro atoms. The zero-order chi connectivity index (χ0) is 13.7. The first-order chi connectivity index (χ1) is 9.16. The van der Waals surface area contributed by atoms with E-state index in [1.807, 2.05) is 0 Å². The van der Waals surface area contributed by atoms with Gasteiger partial charge in [0, 0.05) is 24.4 Å². The van der Waals surface area contributed by atoms with Crippen LogP contribution in [0, 0.1) is 5.82 Å². The van der Waals surface area contributed by atoms with Crippen molar-refractivity contribution < 1.29 is 9.18 Å². The van der Waals surface area contributed by atoms with Gasteiger partial charge in [0.1, 0.15) is 5.82 Å². The third-order valence-electron chi connectivity index (χ3n) is 2.68. The van der Waals surface area contributed by atoms with Gasteiger partial charge in [-0.15, -0.1) is 0 Å². The second kappa shape index (κ2) is 5.95. The maximum atomic E-state index is 13.3. The number of carbonyl (C=O) groups excluding carboxylic acids is 1. The monoisotopic (exact) mass is 260 g/mol. The molecular weight excluding hydrogens is 247 g/mol. The van der Waals surface area contributed by atoms with Crippen LogP contribution in [0.5, 0.6) is 0 Å². The van der Waals surface area contributed by atoms with E-state index in [2.05, 4.69) is 10.3 Å². The summed E-state index contributed by atoms with van der Waals surface area (Å²) in [5.41, 5.74) is 0.507. The highest BCUT2D eigenvalue weighted by molar-refractivity contribution is 5.93. The van der Waals surface area contributed by atoms with E-state index >= 15 is 0 Å². The van der Waals surface area contributed by atoms with Gasteiger partial charge in [-0.2, -0.15) is 0 Å². The van der Waals surface area contributed by atoms with Crippen LogP contribution in [0.25, 0.3) is 0 Å². The molecule has 0 unspecified atom stereocenters. The molecule has 0 aliphatic carbocycles. The van der Waals surface area contributed by atoms with Gasteiger partial charge < -0.3 is 10.3 Å². The Kier molecular flexibility index (Phi) is 4.07. The van der Waals surface area contributed by atoms with Crippen LogP contribution in [-0.4, -0.2) is 17.4 Å². The normalized spacial score (nSPS) is 10.2. The van der Waals surface area contributed by atoms with Gasteiger partial charge in [-0.3, -0.25) is 9.59 Å². The smallest absolute Gasteiger partial charge is 0.251 e. The van der Waals surface area contributed by atoms with Gasteiger partial charge in [-0.1, -0.05) is 18.2 Å². The summed E-state index contributed by atoms with van der Waals surface area (Å²) in [5.74, 6) is -0.629. The van der Waals surface area contributed by atoms with E-state index in [1.165, 1.54) is 24.4 Å². The molecule has 2 rings (SSSR count). The Morgan fingerprint density at radius 2 is 2.05 bits per heavy atom. The zero-order valence-corrected chi connectivity index (χ0v) is 10.2. The number of aromatic nitrogens is 1. The maximum Gasteiger partial charge on any atom is 0.251 e. The number of H-pyrrole nitrogens is 1. The quantitative estimate of drug-likeness (QED) is 0.874. The van der Waals surface area contributed by atoms with Crippen LogP contribution in [0.4, 0.5) is 4.39 Å². The highest BCUT2D eigenvalue weighted by Crippen LogP contribution is 2.06. The average molecular weight is 260 g/mol. The van der Waals surface area contributed by atoms with E-state index in [0.29, 0.717) is 18.5 Å². The van der Waals surface area contributed by atoms with Crippen molar-refractivity contribution in [1.82, 2.24) is 10.3 Å². The molecule has 5 heteroatoms. The largest absolute Gasteiger partial charge is 0.352 e. The third kappa shape index (κ3) is 3.51. The molecule has 1 amide bonds. The number of pyridine rings is 1. The Bertz CT molecular complexity index is 637. The van der Waals surface area contributed by atoms with Gasteiger partial charge in [0.2, 0.25) is 5.56 Å². The van der Waals surface area contributed by atoms with Gasteiger partial charge in [-0.05, 0) is 24.1 Å². The van der Waals surface area contributed by atoms with Crippen LogP contribution in [0.2, 0.25) is 0 Å². The Balaban J connectivity index is 1.91. The fourth-order valence-corrected chi connectivity index (χ4v) is 1.70. The van der Waals surface area contributed by atoms with Gasteiger partial charge in [0.05, 0.1) is 0 Å².